The highest BCUT2D eigenvalue weighted by Gasteiger charge is 2.36. The van der Waals surface area contributed by atoms with Crippen LogP contribution in [0.5, 0.6) is 0 Å². The first kappa shape index (κ1) is 23.1. The Morgan fingerprint density at radius 3 is 2.45 bits per heavy atom. The third-order valence-corrected chi connectivity index (χ3v) is 7.12. The van der Waals surface area contributed by atoms with Gasteiger partial charge in [-0.3, -0.25) is 19.7 Å². The maximum absolute atomic E-state index is 12.9. The molecule has 0 radical (unpaired) electrons. The molecule has 0 atom stereocenters. The average Bonchev–Trinajstić information content (AvgIpc) is 3.04. The summed E-state index contributed by atoms with van der Waals surface area (Å²) in [5, 5.41) is 1.95. The Morgan fingerprint density at radius 2 is 1.85 bits per heavy atom. The standard InChI is InChI=1S/C26H29N3O3S/c1-7-29-21-13-17(15(2)10-19(21)26(3,4)14-23(29)30)18-11-16(8-9-20(18)28(5)6)12-22-24(31)27-25(32)33-22/h8-13H,7,14H2,1-6H3,(H,27,31,32)/b22-12+. The molecule has 3 amide bonds. The van der Waals surface area contributed by atoms with Gasteiger partial charge in [-0.2, -0.15) is 0 Å². The van der Waals surface area contributed by atoms with E-state index in [4.69, 9.17) is 0 Å². The largest absolute Gasteiger partial charge is 0.377 e. The first-order valence-electron chi connectivity index (χ1n) is 11.0. The van der Waals surface area contributed by atoms with E-state index < -0.39 is 0 Å². The molecular formula is C26H29N3O3S. The second kappa shape index (κ2) is 8.37. The molecule has 0 aromatic heterocycles. The number of carbonyl (C=O) groups is 3. The average molecular weight is 464 g/mol. The first-order valence-corrected chi connectivity index (χ1v) is 11.9. The molecular weight excluding hydrogens is 434 g/mol. The van der Waals surface area contributed by atoms with Gasteiger partial charge in [-0.15, -0.1) is 0 Å². The monoisotopic (exact) mass is 463 g/mol. The van der Waals surface area contributed by atoms with Crippen LogP contribution in [0.1, 0.15) is 43.9 Å². The number of nitrogens with zero attached hydrogens (tertiary/aromatic N) is 2. The van der Waals surface area contributed by atoms with Crippen molar-refractivity contribution < 1.29 is 14.4 Å². The molecule has 2 aromatic carbocycles. The number of rotatable bonds is 4. The number of carbonyl (C=O) groups excluding carboxylic acids is 3. The van der Waals surface area contributed by atoms with Gasteiger partial charge >= 0.3 is 0 Å². The molecule has 0 bridgehead atoms. The van der Waals surface area contributed by atoms with Crippen molar-refractivity contribution in [1.82, 2.24) is 5.32 Å². The molecule has 6 nitrogen and oxygen atoms in total. The fourth-order valence-electron chi connectivity index (χ4n) is 4.62. The van der Waals surface area contributed by atoms with Gasteiger partial charge in [-0.05, 0) is 72.1 Å². The normalized spacial score (nSPS) is 18.5. The van der Waals surface area contributed by atoms with Gasteiger partial charge in [-0.25, -0.2) is 0 Å². The molecule has 0 spiro atoms. The van der Waals surface area contributed by atoms with Crippen LogP contribution in [0.3, 0.4) is 0 Å². The zero-order valence-corrected chi connectivity index (χ0v) is 20.7. The fraction of sp³-hybridized carbons (Fsp3) is 0.346. The van der Waals surface area contributed by atoms with Crippen LogP contribution in [-0.4, -0.2) is 37.7 Å². The Bertz CT molecular complexity index is 1210. The third-order valence-electron chi connectivity index (χ3n) is 6.31. The molecule has 2 aliphatic rings. The van der Waals surface area contributed by atoms with Crippen LogP contribution < -0.4 is 15.1 Å². The number of aryl methyl sites for hydroxylation is 1. The van der Waals surface area contributed by atoms with Gasteiger partial charge < -0.3 is 9.80 Å². The summed E-state index contributed by atoms with van der Waals surface area (Å²) in [7, 11) is 3.99. The molecule has 1 N–H and O–H groups in total. The van der Waals surface area contributed by atoms with Crippen LogP contribution in [0.4, 0.5) is 16.2 Å². The number of amides is 3. The number of anilines is 2. The van der Waals surface area contributed by atoms with E-state index in [1.54, 1.807) is 6.08 Å². The molecule has 7 heteroatoms. The minimum atomic E-state index is -0.368. The Morgan fingerprint density at radius 1 is 1.12 bits per heavy atom. The van der Waals surface area contributed by atoms with Crippen molar-refractivity contribution in [3.63, 3.8) is 0 Å². The van der Waals surface area contributed by atoms with Crippen LogP contribution in [0.2, 0.25) is 0 Å². The lowest BCUT2D eigenvalue weighted by molar-refractivity contribution is -0.120. The van der Waals surface area contributed by atoms with Crippen molar-refractivity contribution in [3.8, 4) is 11.1 Å². The van der Waals surface area contributed by atoms with Gasteiger partial charge in [-0.1, -0.05) is 26.0 Å². The van der Waals surface area contributed by atoms with E-state index in [2.05, 4.69) is 43.1 Å². The summed E-state index contributed by atoms with van der Waals surface area (Å²) in [5.41, 5.74) is 6.97. The predicted molar refractivity (Wildman–Crippen MR) is 136 cm³/mol. The summed E-state index contributed by atoms with van der Waals surface area (Å²) in [4.78, 5) is 40.8. The van der Waals surface area contributed by atoms with E-state index in [1.165, 1.54) is 5.56 Å². The molecule has 2 aliphatic heterocycles. The zero-order chi connectivity index (χ0) is 24.1. The summed E-state index contributed by atoms with van der Waals surface area (Å²) in [5.74, 6) is -0.224. The number of imide groups is 1. The minimum absolute atomic E-state index is 0.144. The Kier molecular flexibility index (Phi) is 5.86. The summed E-state index contributed by atoms with van der Waals surface area (Å²) < 4.78 is 0. The fourth-order valence-corrected chi connectivity index (χ4v) is 5.31. The molecule has 4 rings (SSSR count). The third kappa shape index (κ3) is 4.17. The predicted octanol–water partition coefficient (Wildman–Crippen LogP) is 5.09. The molecule has 1 fully saturated rings. The lowest BCUT2D eigenvalue weighted by atomic mass is 9.75. The molecule has 172 valence electrons. The number of nitrogens with one attached hydrogen (secondary N) is 1. The summed E-state index contributed by atoms with van der Waals surface area (Å²) >= 11 is 0.913. The zero-order valence-electron chi connectivity index (χ0n) is 19.9. The van der Waals surface area contributed by atoms with E-state index in [1.807, 2.05) is 44.1 Å². The first-order chi connectivity index (χ1) is 15.5. The second-order valence-electron chi connectivity index (χ2n) is 9.41. The van der Waals surface area contributed by atoms with Gasteiger partial charge in [0.05, 0.1) is 4.91 Å². The van der Waals surface area contributed by atoms with E-state index in [9.17, 15) is 14.4 Å². The van der Waals surface area contributed by atoms with Crippen molar-refractivity contribution in [2.45, 2.75) is 39.5 Å². The lowest BCUT2D eigenvalue weighted by Crippen LogP contribution is -2.41. The number of hydrogen-bond donors (Lipinski definition) is 1. The molecule has 1 saturated heterocycles. The van der Waals surface area contributed by atoms with Crippen molar-refractivity contribution >= 4 is 46.3 Å². The van der Waals surface area contributed by atoms with Gasteiger partial charge in [0.1, 0.15) is 0 Å². The topological polar surface area (TPSA) is 69.7 Å². The number of thioether (sulfide) groups is 1. The maximum atomic E-state index is 12.9. The molecule has 2 heterocycles. The number of hydrogen-bond acceptors (Lipinski definition) is 5. The Hall–Kier alpha value is -3.06. The molecule has 2 aromatic rings. The Balaban J connectivity index is 1.90. The second-order valence-corrected chi connectivity index (χ2v) is 10.4. The molecule has 0 aliphatic carbocycles. The highest BCUT2D eigenvalue weighted by atomic mass is 32.2. The van der Waals surface area contributed by atoms with Gasteiger partial charge in [0, 0.05) is 49.4 Å². The molecule has 0 unspecified atom stereocenters. The SMILES string of the molecule is CCN1C(=O)CC(C)(C)c2cc(C)c(-c3cc(/C=C4/SC(=O)NC4=O)ccc3N(C)C)cc21. The van der Waals surface area contributed by atoms with E-state index in [0.29, 0.717) is 17.9 Å². The quantitative estimate of drug-likeness (QED) is 0.640. The number of benzene rings is 2. The van der Waals surface area contributed by atoms with Gasteiger partial charge in [0.15, 0.2) is 0 Å². The Labute approximate surface area is 199 Å². The maximum Gasteiger partial charge on any atom is 0.290 e. The van der Waals surface area contributed by atoms with Crippen molar-refractivity contribution in [3.05, 3.63) is 51.9 Å². The van der Waals surface area contributed by atoms with Crippen molar-refractivity contribution in [2.24, 2.45) is 0 Å². The molecule has 0 saturated carbocycles. The van der Waals surface area contributed by atoms with Crippen LogP contribution in [0.15, 0.2) is 35.2 Å². The highest BCUT2D eigenvalue weighted by Crippen LogP contribution is 2.45. The number of fused-ring (bicyclic) bond motifs is 1. The minimum Gasteiger partial charge on any atom is -0.377 e. The van der Waals surface area contributed by atoms with Gasteiger partial charge in [0.2, 0.25) is 5.91 Å². The van der Waals surface area contributed by atoms with E-state index in [0.717, 1.165) is 45.4 Å². The summed E-state index contributed by atoms with van der Waals surface area (Å²) in [6.07, 6.45) is 2.24. The van der Waals surface area contributed by atoms with E-state index in [-0.39, 0.29) is 22.5 Å². The van der Waals surface area contributed by atoms with Crippen molar-refractivity contribution in [1.29, 1.82) is 0 Å². The molecule has 33 heavy (non-hydrogen) atoms. The highest BCUT2D eigenvalue weighted by molar-refractivity contribution is 8.18. The van der Waals surface area contributed by atoms with Crippen LogP contribution in [-0.2, 0) is 15.0 Å². The summed E-state index contributed by atoms with van der Waals surface area (Å²) in [6, 6.07) is 10.4. The van der Waals surface area contributed by atoms with Crippen LogP contribution >= 0.6 is 11.8 Å². The summed E-state index contributed by atoms with van der Waals surface area (Å²) in [6.45, 7) is 8.97. The smallest absolute Gasteiger partial charge is 0.290 e. The van der Waals surface area contributed by atoms with Crippen molar-refractivity contribution in [2.75, 3.05) is 30.4 Å². The van der Waals surface area contributed by atoms with Crippen LogP contribution in [0, 0.1) is 6.92 Å². The van der Waals surface area contributed by atoms with E-state index >= 15 is 0 Å². The van der Waals surface area contributed by atoms with Gasteiger partial charge in [0.25, 0.3) is 11.1 Å². The van der Waals surface area contributed by atoms with Crippen LogP contribution in [0.25, 0.3) is 17.2 Å². The lowest BCUT2D eigenvalue weighted by Gasteiger charge is -2.39.